The fourth-order valence-electron chi connectivity index (χ4n) is 3.54. The minimum Gasteiger partial charge on any atom is -0.463 e. The summed E-state index contributed by atoms with van der Waals surface area (Å²) < 4.78 is 59.2. The lowest BCUT2D eigenvalue weighted by Crippen LogP contribution is -2.27. The fourth-order valence-corrected chi connectivity index (χ4v) is 3.54. The molecule has 0 aromatic carbocycles. The average molecular weight is 655 g/mol. The summed E-state index contributed by atoms with van der Waals surface area (Å²) in [5.74, 6) is -0.519. The molecule has 0 aliphatic rings. The molecule has 0 saturated heterocycles. The van der Waals surface area contributed by atoms with Gasteiger partial charge in [-0.3, -0.25) is 4.79 Å². The monoisotopic (exact) mass is 654 g/mol. The Labute approximate surface area is 271 Å². The molecule has 0 aliphatic heterocycles. The van der Waals surface area contributed by atoms with Gasteiger partial charge in [-0.05, 0) is 33.6 Å². The van der Waals surface area contributed by atoms with Gasteiger partial charge in [0.1, 0.15) is 18.8 Å². The van der Waals surface area contributed by atoms with Gasteiger partial charge in [0.25, 0.3) is 0 Å². The Kier molecular flexibility index (Phi) is 31.5. The van der Waals surface area contributed by atoms with Crippen LogP contribution in [0.4, 0.5) is 0 Å². The summed E-state index contributed by atoms with van der Waals surface area (Å²) in [7, 11) is 0. The van der Waals surface area contributed by atoms with E-state index >= 15 is 0 Å². The summed E-state index contributed by atoms with van der Waals surface area (Å²) in [4.78, 5) is 23.5. The highest BCUT2D eigenvalue weighted by Crippen LogP contribution is 2.14. The number of carbonyl (C=O) groups excluding carboxylic acids is 2. The molecule has 0 radical (unpaired) electrons. The Morgan fingerprint density at radius 3 is 1.16 bits per heavy atom. The Morgan fingerprint density at radius 2 is 0.844 bits per heavy atom. The maximum atomic E-state index is 12.0. The van der Waals surface area contributed by atoms with Crippen molar-refractivity contribution in [2.75, 3.05) is 126 Å². The van der Waals surface area contributed by atoms with Crippen LogP contribution in [-0.4, -0.2) is 143 Å². The van der Waals surface area contributed by atoms with Crippen molar-refractivity contribution in [2.24, 2.45) is 5.92 Å². The van der Waals surface area contributed by atoms with Crippen molar-refractivity contribution in [3.63, 3.8) is 0 Å². The molecule has 0 spiro atoms. The first-order valence-electron chi connectivity index (χ1n) is 16.4. The first-order valence-corrected chi connectivity index (χ1v) is 16.4. The van der Waals surface area contributed by atoms with Crippen molar-refractivity contribution >= 4 is 11.9 Å². The summed E-state index contributed by atoms with van der Waals surface area (Å²) >= 11 is 0. The SMILES string of the molecule is CCCCC(CC)C(=O)OCCOCCOCCOCCOCCOCCOCCOCCOCCOCC(=O)OC(C)(C)C. The number of hydrogen-bond donors (Lipinski definition) is 0. The van der Waals surface area contributed by atoms with E-state index in [0.29, 0.717) is 112 Å². The van der Waals surface area contributed by atoms with Gasteiger partial charge in [0.05, 0.1) is 118 Å². The van der Waals surface area contributed by atoms with E-state index in [-0.39, 0.29) is 31.1 Å². The van der Waals surface area contributed by atoms with Gasteiger partial charge in [-0.1, -0.05) is 26.7 Å². The molecular formula is C32H62O13. The molecule has 0 aromatic rings. The quantitative estimate of drug-likeness (QED) is 0.0743. The smallest absolute Gasteiger partial charge is 0.332 e. The van der Waals surface area contributed by atoms with Gasteiger partial charge in [-0.2, -0.15) is 0 Å². The standard InChI is InChI=1S/C32H62O13/c1-6-8-9-29(7-2)31(34)44-27-26-42-23-22-40-19-18-38-15-14-36-11-10-35-12-13-37-16-17-39-20-21-41-24-25-43-28-30(33)45-32(3,4)5/h29H,6-28H2,1-5H3. The van der Waals surface area contributed by atoms with E-state index in [9.17, 15) is 9.59 Å². The zero-order valence-corrected chi connectivity index (χ0v) is 28.6. The van der Waals surface area contributed by atoms with Gasteiger partial charge < -0.3 is 52.1 Å². The van der Waals surface area contributed by atoms with Gasteiger partial charge in [0.2, 0.25) is 0 Å². The molecule has 0 bridgehead atoms. The van der Waals surface area contributed by atoms with Crippen LogP contribution >= 0.6 is 0 Å². The Hall–Kier alpha value is -1.42. The maximum Gasteiger partial charge on any atom is 0.332 e. The molecule has 0 saturated carbocycles. The lowest BCUT2D eigenvalue weighted by atomic mass is 10.00. The molecule has 0 aliphatic carbocycles. The van der Waals surface area contributed by atoms with Crippen LogP contribution in [0.15, 0.2) is 0 Å². The summed E-state index contributed by atoms with van der Waals surface area (Å²) in [5, 5.41) is 0. The second kappa shape index (κ2) is 32.5. The summed E-state index contributed by atoms with van der Waals surface area (Å²) in [6.07, 6.45) is 3.82. The molecule has 0 heterocycles. The van der Waals surface area contributed by atoms with Crippen molar-refractivity contribution in [2.45, 2.75) is 65.9 Å². The lowest BCUT2D eigenvalue weighted by molar-refractivity contribution is -0.160. The summed E-state index contributed by atoms with van der Waals surface area (Å²) in [6.45, 7) is 17.4. The van der Waals surface area contributed by atoms with Crippen LogP contribution in [0.5, 0.6) is 0 Å². The number of ether oxygens (including phenoxy) is 11. The van der Waals surface area contributed by atoms with Gasteiger partial charge >= 0.3 is 11.9 Å². The van der Waals surface area contributed by atoms with E-state index in [4.69, 9.17) is 52.1 Å². The minimum absolute atomic E-state index is 0.00664. The molecule has 1 unspecified atom stereocenters. The normalized spacial score (nSPS) is 12.4. The predicted octanol–water partition coefficient (Wildman–Crippen LogP) is 3.24. The topological polar surface area (TPSA) is 136 Å². The van der Waals surface area contributed by atoms with E-state index in [1.54, 1.807) is 0 Å². The molecule has 13 nitrogen and oxygen atoms in total. The molecule has 1 atom stereocenters. The van der Waals surface area contributed by atoms with Crippen molar-refractivity contribution < 1.29 is 61.7 Å². The largest absolute Gasteiger partial charge is 0.463 e. The maximum absolute atomic E-state index is 12.0. The van der Waals surface area contributed by atoms with Crippen LogP contribution < -0.4 is 0 Å². The number of hydrogen-bond acceptors (Lipinski definition) is 13. The molecule has 13 heteroatoms. The van der Waals surface area contributed by atoms with Gasteiger partial charge in [0, 0.05) is 0 Å². The van der Waals surface area contributed by atoms with Crippen LogP contribution in [0, 0.1) is 5.92 Å². The molecule has 45 heavy (non-hydrogen) atoms. The first kappa shape index (κ1) is 43.6. The summed E-state index contributed by atoms with van der Waals surface area (Å²) in [5.41, 5.74) is -0.512. The minimum atomic E-state index is -0.512. The molecule has 268 valence electrons. The van der Waals surface area contributed by atoms with E-state index in [0.717, 1.165) is 25.7 Å². The van der Waals surface area contributed by atoms with Crippen LogP contribution in [0.1, 0.15) is 60.3 Å². The van der Waals surface area contributed by atoms with E-state index in [1.165, 1.54) is 0 Å². The van der Waals surface area contributed by atoms with E-state index < -0.39 is 5.60 Å². The van der Waals surface area contributed by atoms with Crippen LogP contribution in [0.25, 0.3) is 0 Å². The third-order valence-corrected chi connectivity index (χ3v) is 5.82. The lowest BCUT2D eigenvalue weighted by Gasteiger charge is -2.19. The molecule has 0 aromatic heterocycles. The highest BCUT2D eigenvalue weighted by molar-refractivity contribution is 5.72. The van der Waals surface area contributed by atoms with E-state index in [2.05, 4.69) is 6.92 Å². The number of rotatable bonds is 34. The van der Waals surface area contributed by atoms with Crippen LogP contribution in [-0.2, 0) is 61.7 Å². The third kappa shape index (κ3) is 33.8. The predicted molar refractivity (Wildman–Crippen MR) is 167 cm³/mol. The Bertz CT molecular complexity index is 657. The van der Waals surface area contributed by atoms with Gasteiger partial charge in [0.15, 0.2) is 0 Å². The second-order valence-electron chi connectivity index (χ2n) is 11.0. The van der Waals surface area contributed by atoms with Crippen molar-refractivity contribution in [1.82, 2.24) is 0 Å². The van der Waals surface area contributed by atoms with Crippen molar-refractivity contribution in [3.8, 4) is 0 Å². The average Bonchev–Trinajstić information content (AvgIpc) is 2.99. The van der Waals surface area contributed by atoms with Gasteiger partial charge in [-0.25, -0.2) is 4.79 Å². The molecule has 0 N–H and O–H groups in total. The van der Waals surface area contributed by atoms with Crippen LogP contribution in [0.2, 0.25) is 0 Å². The fraction of sp³-hybridized carbons (Fsp3) is 0.938. The molecular weight excluding hydrogens is 592 g/mol. The van der Waals surface area contributed by atoms with Crippen molar-refractivity contribution in [1.29, 1.82) is 0 Å². The molecule has 0 amide bonds. The number of unbranched alkanes of at least 4 members (excludes halogenated alkanes) is 1. The number of esters is 2. The number of carbonyl (C=O) groups is 2. The zero-order valence-electron chi connectivity index (χ0n) is 28.6. The van der Waals surface area contributed by atoms with Crippen molar-refractivity contribution in [3.05, 3.63) is 0 Å². The van der Waals surface area contributed by atoms with Gasteiger partial charge in [-0.15, -0.1) is 0 Å². The highest BCUT2D eigenvalue weighted by atomic mass is 16.6. The van der Waals surface area contributed by atoms with E-state index in [1.807, 2.05) is 27.7 Å². The van der Waals surface area contributed by atoms with Crippen LogP contribution in [0.3, 0.4) is 0 Å². The summed E-state index contributed by atoms with van der Waals surface area (Å²) in [6, 6.07) is 0. The zero-order chi connectivity index (χ0) is 33.3. The highest BCUT2D eigenvalue weighted by Gasteiger charge is 2.17. The molecule has 0 fully saturated rings. The second-order valence-corrected chi connectivity index (χ2v) is 11.0. The first-order chi connectivity index (χ1) is 21.8. The third-order valence-electron chi connectivity index (χ3n) is 5.82. The Balaban J connectivity index is 3.20. The Morgan fingerprint density at radius 1 is 0.511 bits per heavy atom. The molecule has 0 rings (SSSR count).